The highest BCUT2D eigenvalue weighted by atomic mass is 16.5. The number of phenolic OH excluding ortho intramolecular Hbond substituents is 7. The summed E-state index contributed by atoms with van der Waals surface area (Å²) in [6, 6.07) is 31.1. The smallest absolute Gasteiger partial charge is 0.135 e. The molecule has 0 saturated heterocycles. The molecule has 0 unspecified atom stereocenters. The molecule has 8 rings (SSSR count). The van der Waals surface area contributed by atoms with Crippen molar-refractivity contribution in [1.82, 2.24) is 0 Å². The second-order valence-electron chi connectivity index (χ2n) is 12.9. The maximum Gasteiger partial charge on any atom is 0.135 e. The first-order valence-corrected chi connectivity index (χ1v) is 16.3. The number of phenols is 7. The molecule has 4 atom stereocenters. The van der Waals surface area contributed by atoms with Gasteiger partial charge in [-0.05, 0) is 100 Å². The standard InChI is InChI=1S/C42H32O9/c43-27-8-4-24(5-9-27)41-38(26-16-31(47)19-32(48)17-26)40-35(20-33(49)21-37(40)51-41)39-34-15-22(1-2-23-13-29(45)18-30(46)14-23)3-12-36(34)50-42(39)25-6-10-28(44)11-7-25/h1-21,38-39,41-49H/b2-1+/t38-,39+,41+,42+/m0/s1. The van der Waals surface area contributed by atoms with Gasteiger partial charge in [-0.1, -0.05) is 42.5 Å². The summed E-state index contributed by atoms with van der Waals surface area (Å²) in [5.74, 6) is -0.301. The molecule has 0 aromatic heterocycles. The van der Waals surface area contributed by atoms with Gasteiger partial charge in [0.25, 0.3) is 0 Å². The number of fused-ring (bicyclic) bond motifs is 2. The van der Waals surface area contributed by atoms with Crippen molar-refractivity contribution < 1.29 is 45.2 Å². The Morgan fingerprint density at radius 3 is 1.49 bits per heavy atom. The third-order valence-corrected chi connectivity index (χ3v) is 9.41. The number of ether oxygens (including phenoxy) is 2. The molecule has 2 aliphatic heterocycles. The summed E-state index contributed by atoms with van der Waals surface area (Å²) < 4.78 is 13.3. The molecule has 9 nitrogen and oxygen atoms in total. The highest BCUT2D eigenvalue weighted by molar-refractivity contribution is 5.73. The Bertz CT molecular complexity index is 2270. The summed E-state index contributed by atoms with van der Waals surface area (Å²) in [4.78, 5) is 0. The van der Waals surface area contributed by atoms with Gasteiger partial charge in [0.15, 0.2) is 0 Å². The van der Waals surface area contributed by atoms with Crippen LogP contribution >= 0.6 is 0 Å². The van der Waals surface area contributed by atoms with E-state index in [1.807, 2.05) is 24.3 Å². The average molecular weight is 681 g/mol. The van der Waals surface area contributed by atoms with Gasteiger partial charge in [0.1, 0.15) is 64.0 Å². The first kappa shape index (κ1) is 31.5. The highest BCUT2D eigenvalue weighted by Crippen LogP contribution is 2.59. The molecule has 7 N–H and O–H groups in total. The van der Waals surface area contributed by atoms with E-state index in [-0.39, 0.29) is 40.2 Å². The van der Waals surface area contributed by atoms with Crippen LogP contribution < -0.4 is 9.47 Å². The summed E-state index contributed by atoms with van der Waals surface area (Å²) in [6.45, 7) is 0. The largest absolute Gasteiger partial charge is 0.508 e. The van der Waals surface area contributed by atoms with Gasteiger partial charge in [0, 0.05) is 29.3 Å². The first-order valence-electron chi connectivity index (χ1n) is 16.3. The maximum absolute atomic E-state index is 11.2. The molecular weight excluding hydrogens is 648 g/mol. The molecule has 0 fully saturated rings. The molecule has 51 heavy (non-hydrogen) atoms. The lowest BCUT2D eigenvalue weighted by atomic mass is 9.76. The van der Waals surface area contributed by atoms with E-state index < -0.39 is 24.0 Å². The molecule has 254 valence electrons. The first-order chi connectivity index (χ1) is 24.6. The zero-order valence-electron chi connectivity index (χ0n) is 26.9. The number of rotatable bonds is 6. The van der Waals surface area contributed by atoms with Gasteiger partial charge in [-0.25, -0.2) is 0 Å². The number of benzene rings is 6. The Morgan fingerprint density at radius 2 is 0.882 bits per heavy atom. The van der Waals surface area contributed by atoms with E-state index >= 15 is 0 Å². The monoisotopic (exact) mass is 680 g/mol. The van der Waals surface area contributed by atoms with Crippen LogP contribution in [-0.2, 0) is 0 Å². The molecule has 2 aliphatic rings. The van der Waals surface area contributed by atoms with Crippen LogP contribution in [0.2, 0.25) is 0 Å². The number of hydrogen-bond donors (Lipinski definition) is 7. The Labute approximate surface area is 292 Å². The van der Waals surface area contributed by atoms with Crippen molar-refractivity contribution >= 4 is 12.2 Å². The van der Waals surface area contributed by atoms with E-state index in [4.69, 9.17) is 9.47 Å². The minimum absolute atomic E-state index is 0.0368. The van der Waals surface area contributed by atoms with E-state index in [1.165, 1.54) is 24.3 Å². The number of hydrogen-bond acceptors (Lipinski definition) is 9. The lowest BCUT2D eigenvalue weighted by molar-refractivity contribution is 0.220. The molecule has 9 heteroatoms. The van der Waals surface area contributed by atoms with E-state index in [9.17, 15) is 35.7 Å². The lowest BCUT2D eigenvalue weighted by Gasteiger charge is -2.26. The molecule has 2 heterocycles. The predicted octanol–water partition coefficient (Wildman–Crippen LogP) is 8.33. The van der Waals surface area contributed by atoms with Gasteiger partial charge in [0.05, 0.1) is 11.8 Å². The third-order valence-electron chi connectivity index (χ3n) is 9.41. The zero-order chi connectivity index (χ0) is 35.4. The number of aromatic hydroxyl groups is 7. The highest BCUT2D eigenvalue weighted by Gasteiger charge is 2.45. The van der Waals surface area contributed by atoms with Gasteiger partial charge >= 0.3 is 0 Å². The molecule has 0 amide bonds. The summed E-state index contributed by atoms with van der Waals surface area (Å²) >= 11 is 0. The van der Waals surface area contributed by atoms with Crippen molar-refractivity contribution in [1.29, 1.82) is 0 Å². The van der Waals surface area contributed by atoms with Gasteiger partial charge in [-0.2, -0.15) is 0 Å². The lowest BCUT2D eigenvalue weighted by Crippen LogP contribution is -2.16. The summed E-state index contributed by atoms with van der Waals surface area (Å²) in [5.41, 5.74) is 5.70. The minimum atomic E-state index is -0.663. The fraction of sp³-hybridized carbons (Fsp3) is 0.0952. The van der Waals surface area contributed by atoms with Crippen LogP contribution in [0.1, 0.15) is 68.6 Å². The Hall–Kier alpha value is -6.74. The van der Waals surface area contributed by atoms with Crippen LogP contribution in [0.25, 0.3) is 12.2 Å². The summed E-state index contributed by atoms with van der Waals surface area (Å²) in [5, 5.41) is 72.5. The van der Waals surface area contributed by atoms with Crippen molar-refractivity contribution in [3.8, 4) is 51.7 Å². The minimum Gasteiger partial charge on any atom is -0.508 e. The maximum atomic E-state index is 11.2. The molecule has 0 aliphatic carbocycles. The third kappa shape index (κ3) is 5.95. The molecular formula is C42H32O9. The Kier molecular flexibility index (Phi) is 7.60. The second-order valence-corrected chi connectivity index (χ2v) is 12.9. The Balaban J connectivity index is 1.32. The van der Waals surface area contributed by atoms with Crippen LogP contribution in [0.4, 0.5) is 0 Å². The zero-order valence-corrected chi connectivity index (χ0v) is 26.9. The normalized spacial score (nSPS) is 19.0. The molecule has 0 radical (unpaired) electrons. The van der Waals surface area contributed by atoms with E-state index in [0.717, 1.165) is 27.8 Å². The van der Waals surface area contributed by atoms with Gasteiger partial charge < -0.3 is 45.2 Å². The topological polar surface area (TPSA) is 160 Å². The van der Waals surface area contributed by atoms with Crippen molar-refractivity contribution in [3.63, 3.8) is 0 Å². The van der Waals surface area contributed by atoms with E-state index in [0.29, 0.717) is 28.2 Å². The van der Waals surface area contributed by atoms with Gasteiger partial charge in [0.2, 0.25) is 0 Å². The van der Waals surface area contributed by atoms with Crippen molar-refractivity contribution in [2.24, 2.45) is 0 Å². The molecule has 6 aromatic rings. The molecule has 0 saturated carbocycles. The molecule has 0 bridgehead atoms. The SMILES string of the molecule is Oc1ccc([C@H]2Oc3ccc(/C=C/c4cc(O)cc(O)c4)cc3[C@@H]2c2cc(O)cc3c2[C@H](c2cc(O)cc(O)c2)[C@@H](c2ccc(O)cc2)O3)cc1. The van der Waals surface area contributed by atoms with Crippen LogP contribution in [0, 0.1) is 0 Å². The van der Waals surface area contributed by atoms with Crippen LogP contribution in [-0.4, -0.2) is 35.7 Å². The quantitative estimate of drug-likeness (QED) is 0.0858. The van der Waals surface area contributed by atoms with Crippen LogP contribution in [0.3, 0.4) is 0 Å². The second kappa shape index (κ2) is 12.3. The van der Waals surface area contributed by atoms with Gasteiger partial charge in [-0.15, -0.1) is 0 Å². The van der Waals surface area contributed by atoms with Crippen molar-refractivity contribution in [3.05, 3.63) is 160 Å². The van der Waals surface area contributed by atoms with E-state index in [2.05, 4.69) is 0 Å². The molecule has 6 aromatic carbocycles. The van der Waals surface area contributed by atoms with Crippen LogP contribution in [0.15, 0.2) is 115 Å². The Morgan fingerprint density at radius 1 is 0.373 bits per heavy atom. The van der Waals surface area contributed by atoms with Crippen LogP contribution in [0.5, 0.6) is 51.7 Å². The summed E-state index contributed by atoms with van der Waals surface area (Å²) in [7, 11) is 0. The molecule has 0 spiro atoms. The van der Waals surface area contributed by atoms with Crippen molar-refractivity contribution in [2.45, 2.75) is 24.0 Å². The predicted molar refractivity (Wildman–Crippen MR) is 190 cm³/mol. The summed E-state index contributed by atoms with van der Waals surface area (Å²) in [6.07, 6.45) is 2.37. The van der Waals surface area contributed by atoms with Gasteiger partial charge in [-0.3, -0.25) is 0 Å². The fourth-order valence-corrected chi connectivity index (χ4v) is 7.29. The van der Waals surface area contributed by atoms with Crippen molar-refractivity contribution in [2.75, 3.05) is 0 Å². The van der Waals surface area contributed by atoms with E-state index in [1.54, 1.807) is 78.9 Å². The fourth-order valence-electron chi connectivity index (χ4n) is 7.29. The average Bonchev–Trinajstić information content (AvgIpc) is 3.66.